The second-order valence-corrected chi connectivity index (χ2v) is 3.75. The fourth-order valence-electron chi connectivity index (χ4n) is 1.91. The summed E-state index contributed by atoms with van der Waals surface area (Å²) in [5.74, 6) is 1.64. The van der Waals surface area contributed by atoms with Crippen LogP contribution in [0.4, 0.5) is 0 Å². The number of allylic oxidation sites excluding steroid dienone is 1. The molecule has 1 aliphatic rings. The molecule has 0 amide bonds. The Balaban J connectivity index is 2.48. The normalized spacial score (nSPS) is 27.5. The molecule has 0 heterocycles. The lowest BCUT2D eigenvalue weighted by molar-refractivity contribution is 0.358. The molecule has 10 heavy (non-hydrogen) atoms. The first-order valence-corrected chi connectivity index (χ1v) is 4.39. The van der Waals surface area contributed by atoms with E-state index in [2.05, 4.69) is 20.4 Å². The van der Waals surface area contributed by atoms with Crippen molar-refractivity contribution in [1.82, 2.24) is 0 Å². The van der Waals surface area contributed by atoms with Crippen LogP contribution in [0.3, 0.4) is 0 Å². The zero-order valence-corrected chi connectivity index (χ0v) is 7.19. The molecule has 1 fully saturated rings. The Morgan fingerprint density at radius 1 is 1.40 bits per heavy atom. The van der Waals surface area contributed by atoms with Crippen LogP contribution < -0.4 is 0 Å². The number of hydrogen-bond acceptors (Lipinski definition) is 0. The smallest absolute Gasteiger partial charge is 0.0183 e. The first-order valence-electron chi connectivity index (χ1n) is 4.39. The van der Waals surface area contributed by atoms with Gasteiger partial charge < -0.3 is 0 Å². The standard InChI is InChI=1S/C10H18/c1-8(2)10-7-5-4-6-9(10)3/h8,10H,3-7H2,1-2H3. The van der Waals surface area contributed by atoms with E-state index in [9.17, 15) is 0 Å². The lowest BCUT2D eigenvalue weighted by Crippen LogP contribution is -2.14. The molecule has 0 N–H and O–H groups in total. The second kappa shape index (κ2) is 3.23. The summed E-state index contributed by atoms with van der Waals surface area (Å²) >= 11 is 0. The van der Waals surface area contributed by atoms with E-state index in [0.717, 1.165) is 11.8 Å². The highest BCUT2D eigenvalue weighted by Crippen LogP contribution is 2.32. The molecular weight excluding hydrogens is 120 g/mol. The maximum absolute atomic E-state index is 4.12. The first-order chi connectivity index (χ1) is 4.72. The van der Waals surface area contributed by atoms with E-state index < -0.39 is 0 Å². The van der Waals surface area contributed by atoms with Crippen LogP contribution in [-0.4, -0.2) is 0 Å². The monoisotopic (exact) mass is 138 g/mol. The highest BCUT2D eigenvalue weighted by atomic mass is 14.2. The van der Waals surface area contributed by atoms with E-state index >= 15 is 0 Å². The van der Waals surface area contributed by atoms with Crippen LogP contribution in [0.1, 0.15) is 39.5 Å². The van der Waals surface area contributed by atoms with Crippen molar-refractivity contribution >= 4 is 0 Å². The van der Waals surface area contributed by atoms with Crippen LogP contribution in [0.2, 0.25) is 0 Å². The fraction of sp³-hybridized carbons (Fsp3) is 0.800. The van der Waals surface area contributed by atoms with Crippen LogP contribution in [0.25, 0.3) is 0 Å². The summed E-state index contributed by atoms with van der Waals surface area (Å²) in [6.45, 7) is 8.73. The molecule has 0 saturated heterocycles. The molecule has 58 valence electrons. The van der Waals surface area contributed by atoms with E-state index in [0.29, 0.717) is 0 Å². The van der Waals surface area contributed by atoms with Gasteiger partial charge in [0, 0.05) is 0 Å². The average Bonchev–Trinajstić information content (AvgIpc) is 1.88. The summed E-state index contributed by atoms with van der Waals surface area (Å²) in [4.78, 5) is 0. The van der Waals surface area contributed by atoms with Gasteiger partial charge in [0.1, 0.15) is 0 Å². The lowest BCUT2D eigenvalue weighted by atomic mass is 9.78. The van der Waals surface area contributed by atoms with Gasteiger partial charge in [-0.05, 0) is 31.1 Å². The van der Waals surface area contributed by atoms with Gasteiger partial charge in [0.15, 0.2) is 0 Å². The molecule has 1 saturated carbocycles. The van der Waals surface area contributed by atoms with Crippen LogP contribution in [-0.2, 0) is 0 Å². The molecule has 1 unspecified atom stereocenters. The topological polar surface area (TPSA) is 0 Å². The molecule has 0 spiro atoms. The van der Waals surface area contributed by atoms with Crippen molar-refractivity contribution in [2.24, 2.45) is 11.8 Å². The average molecular weight is 138 g/mol. The van der Waals surface area contributed by atoms with Gasteiger partial charge in [-0.25, -0.2) is 0 Å². The van der Waals surface area contributed by atoms with Crippen LogP contribution >= 0.6 is 0 Å². The molecule has 1 atom stereocenters. The summed E-state index contributed by atoms with van der Waals surface area (Å²) in [7, 11) is 0. The van der Waals surface area contributed by atoms with Crippen LogP contribution in [0, 0.1) is 11.8 Å². The van der Waals surface area contributed by atoms with Gasteiger partial charge in [-0.1, -0.05) is 32.4 Å². The highest BCUT2D eigenvalue weighted by Gasteiger charge is 2.19. The number of rotatable bonds is 1. The van der Waals surface area contributed by atoms with E-state index in [1.807, 2.05) is 0 Å². The molecule has 0 aromatic carbocycles. The van der Waals surface area contributed by atoms with Crippen molar-refractivity contribution in [3.05, 3.63) is 12.2 Å². The maximum atomic E-state index is 4.12. The van der Waals surface area contributed by atoms with Crippen molar-refractivity contribution in [1.29, 1.82) is 0 Å². The van der Waals surface area contributed by atoms with Gasteiger partial charge in [0.05, 0.1) is 0 Å². The van der Waals surface area contributed by atoms with Crippen molar-refractivity contribution in [2.75, 3.05) is 0 Å². The van der Waals surface area contributed by atoms with Gasteiger partial charge in [-0.15, -0.1) is 0 Å². The maximum Gasteiger partial charge on any atom is -0.0183 e. The summed E-state index contributed by atoms with van der Waals surface area (Å²) < 4.78 is 0. The molecule has 1 aliphatic carbocycles. The SMILES string of the molecule is C=C1CCCCC1C(C)C. The first kappa shape index (κ1) is 7.84. The van der Waals surface area contributed by atoms with E-state index in [4.69, 9.17) is 0 Å². The largest absolute Gasteiger partial charge is 0.0996 e. The minimum absolute atomic E-state index is 0.813. The van der Waals surface area contributed by atoms with Crippen LogP contribution in [0.15, 0.2) is 12.2 Å². The predicted molar refractivity (Wildman–Crippen MR) is 45.9 cm³/mol. The summed E-state index contributed by atoms with van der Waals surface area (Å²) in [6.07, 6.45) is 5.46. The fourth-order valence-corrected chi connectivity index (χ4v) is 1.91. The second-order valence-electron chi connectivity index (χ2n) is 3.75. The van der Waals surface area contributed by atoms with E-state index in [1.54, 1.807) is 0 Å². The Labute approximate surface area is 64.3 Å². The quantitative estimate of drug-likeness (QED) is 0.487. The Hall–Kier alpha value is -0.260. The Morgan fingerprint density at radius 3 is 2.50 bits per heavy atom. The van der Waals surface area contributed by atoms with Gasteiger partial charge >= 0.3 is 0 Å². The number of hydrogen-bond donors (Lipinski definition) is 0. The van der Waals surface area contributed by atoms with E-state index in [1.165, 1.54) is 31.3 Å². The van der Waals surface area contributed by atoms with Crippen molar-refractivity contribution in [2.45, 2.75) is 39.5 Å². The lowest BCUT2D eigenvalue weighted by Gasteiger charge is -2.27. The molecule has 0 heteroatoms. The molecule has 0 bridgehead atoms. The van der Waals surface area contributed by atoms with Crippen molar-refractivity contribution < 1.29 is 0 Å². The third-order valence-electron chi connectivity index (χ3n) is 2.59. The third kappa shape index (κ3) is 1.62. The van der Waals surface area contributed by atoms with Gasteiger partial charge in [-0.2, -0.15) is 0 Å². The Bertz CT molecular complexity index is 122. The van der Waals surface area contributed by atoms with Gasteiger partial charge in [0.25, 0.3) is 0 Å². The predicted octanol–water partition coefficient (Wildman–Crippen LogP) is 3.39. The molecule has 0 aromatic rings. The van der Waals surface area contributed by atoms with E-state index in [-0.39, 0.29) is 0 Å². The molecule has 0 nitrogen and oxygen atoms in total. The van der Waals surface area contributed by atoms with Gasteiger partial charge in [0.2, 0.25) is 0 Å². The molecule has 0 aromatic heterocycles. The molecule has 1 rings (SSSR count). The third-order valence-corrected chi connectivity index (χ3v) is 2.59. The zero-order chi connectivity index (χ0) is 7.56. The minimum Gasteiger partial charge on any atom is -0.0996 e. The Kier molecular flexibility index (Phi) is 2.53. The summed E-state index contributed by atoms with van der Waals surface area (Å²) in [5.41, 5.74) is 1.50. The van der Waals surface area contributed by atoms with Crippen molar-refractivity contribution in [3.8, 4) is 0 Å². The van der Waals surface area contributed by atoms with Crippen molar-refractivity contribution in [3.63, 3.8) is 0 Å². The Morgan fingerprint density at radius 2 is 2.10 bits per heavy atom. The zero-order valence-electron chi connectivity index (χ0n) is 7.19. The minimum atomic E-state index is 0.813. The molecular formula is C10H18. The van der Waals surface area contributed by atoms with Crippen LogP contribution in [0.5, 0.6) is 0 Å². The summed E-state index contributed by atoms with van der Waals surface area (Å²) in [5, 5.41) is 0. The summed E-state index contributed by atoms with van der Waals surface area (Å²) in [6, 6.07) is 0. The highest BCUT2D eigenvalue weighted by molar-refractivity contribution is 5.04. The molecule has 0 aliphatic heterocycles. The molecule has 0 radical (unpaired) electrons. The van der Waals surface area contributed by atoms with Gasteiger partial charge in [-0.3, -0.25) is 0 Å².